The molecule has 8 nitrogen and oxygen atoms in total. The lowest BCUT2D eigenvalue weighted by atomic mass is 10.0. The molecule has 1 amide bonds. The van der Waals surface area contributed by atoms with E-state index in [1.807, 2.05) is 0 Å². The maximum absolute atomic E-state index is 14.5. The van der Waals surface area contributed by atoms with Crippen LogP contribution in [0.3, 0.4) is 0 Å². The van der Waals surface area contributed by atoms with Crippen LogP contribution in [-0.2, 0) is 26.1 Å². The second-order valence-corrected chi connectivity index (χ2v) is 11.3. The van der Waals surface area contributed by atoms with Gasteiger partial charge in [-0.3, -0.25) is 9.59 Å². The van der Waals surface area contributed by atoms with Gasteiger partial charge in [0.25, 0.3) is 5.91 Å². The summed E-state index contributed by atoms with van der Waals surface area (Å²) in [5.74, 6) is -1.26. The van der Waals surface area contributed by atoms with Crippen molar-refractivity contribution in [3.63, 3.8) is 0 Å². The van der Waals surface area contributed by atoms with E-state index in [9.17, 15) is 22.4 Å². The van der Waals surface area contributed by atoms with Crippen molar-refractivity contribution in [3.8, 4) is 0 Å². The van der Waals surface area contributed by atoms with E-state index in [0.717, 1.165) is 24.2 Å². The Labute approximate surface area is 206 Å². The normalized spacial score (nSPS) is 16.0. The van der Waals surface area contributed by atoms with Gasteiger partial charge in [0.05, 0.1) is 21.7 Å². The summed E-state index contributed by atoms with van der Waals surface area (Å²) in [6.45, 7) is 4.59. The van der Waals surface area contributed by atoms with E-state index in [-0.39, 0.29) is 33.9 Å². The Morgan fingerprint density at radius 1 is 1.14 bits per heavy atom. The fourth-order valence-corrected chi connectivity index (χ4v) is 6.46. The monoisotopic (exact) mass is 519 g/mol. The van der Waals surface area contributed by atoms with Crippen LogP contribution in [0.1, 0.15) is 37.0 Å². The van der Waals surface area contributed by atoms with E-state index in [4.69, 9.17) is 4.74 Å². The Morgan fingerprint density at radius 3 is 2.49 bits per heavy atom. The molecule has 0 bridgehead atoms. The molecule has 1 aliphatic heterocycles. The smallest absolute Gasteiger partial charge is 0.326 e. The Bertz CT molecular complexity index is 1420. The summed E-state index contributed by atoms with van der Waals surface area (Å²) in [7, 11) is -3.64. The molecular weight excluding hydrogens is 493 g/mol. The summed E-state index contributed by atoms with van der Waals surface area (Å²) in [5, 5.41) is 0. The zero-order chi connectivity index (χ0) is 25.2. The van der Waals surface area contributed by atoms with Crippen LogP contribution in [0.4, 0.5) is 4.39 Å². The number of carbonyl (C=O) groups excluding carboxylic acids is 2. The average Bonchev–Trinajstić information content (AvgIpc) is 3.17. The van der Waals surface area contributed by atoms with Gasteiger partial charge < -0.3 is 9.30 Å². The summed E-state index contributed by atoms with van der Waals surface area (Å²) in [6, 6.07) is 10.1. The van der Waals surface area contributed by atoms with Crippen LogP contribution in [0.25, 0.3) is 10.2 Å². The molecule has 3 aromatic rings. The first-order valence-corrected chi connectivity index (χ1v) is 13.6. The molecular formula is C24H26FN3O5S2. The number of carbonyl (C=O) groups is 2. The van der Waals surface area contributed by atoms with Crippen LogP contribution < -0.4 is 4.80 Å². The molecule has 186 valence electrons. The highest BCUT2D eigenvalue weighted by atomic mass is 32.2. The standard InChI is InChI=1S/C24H26FN3O5S2/c1-3-33-21(29)15-28-22-19(25)5-4-6-20(22)34-24(28)26-23(30)17-7-9-18(10-8-17)35(31,32)27-13-11-16(2)12-14-27/h4-10,16H,3,11-15H2,1-2H3. The Balaban J connectivity index is 1.64. The summed E-state index contributed by atoms with van der Waals surface area (Å²) in [5.41, 5.74) is 0.339. The molecule has 0 unspecified atom stereocenters. The van der Waals surface area contributed by atoms with Crippen molar-refractivity contribution in [1.29, 1.82) is 0 Å². The molecule has 1 aromatic heterocycles. The Hall–Kier alpha value is -2.89. The van der Waals surface area contributed by atoms with Gasteiger partial charge in [-0.15, -0.1) is 0 Å². The van der Waals surface area contributed by atoms with Crippen molar-refractivity contribution in [2.24, 2.45) is 10.9 Å². The minimum Gasteiger partial charge on any atom is -0.465 e. The number of rotatable bonds is 6. The number of para-hydroxylation sites is 1. The van der Waals surface area contributed by atoms with Gasteiger partial charge in [-0.05, 0) is 62.1 Å². The molecule has 0 N–H and O–H groups in total. The molecule has 4 rings (SSSR count). The number of sulfonamides is 1. The number of esters is 1. The molecule has 0 spiro atoms. The van der Waals surface area contributed by atoms with E-state index in [0.29, 0.717) is 23.7 Å². The lowest BCUT2D eigenvalue weighted by molar-refractivity contribution is -0.143. The first-order valence-electron chi connectivity index (χ1n) is 11.3. The third-order valence-corrected chi connectivity index (χ3v) is 8.88. The van der Waals surface area contributed by atoms with Gasteiger partial charge in [0.15, 0.2) is 4.80 Å². The summed E-state index contributed by atoms with van der Waals surface area (Å²) in [6.07, 6.45) is 1.63. The number of benzene rings is 2. The highest BCUT2D eigenvalue weighted by Gasteiger charge is 2.28. The highest BCUT2D eigenvalue weighted by Crippen LogP contribution is 2.24. The largest absolute Gasteiger partial charge is 0.465 e. The predicted octanol–water partition coefficient (Wildman–Crippen LogP) is 3.57. The number of halogens is 1. The topological polar surface area (TPSA) is 98.0 Å². The number of hydrogen-bond donors (Lipinski definition) is 0. The van der Waals surface area contributed by atoms with Gasteiger partial charge in [-0.25, -0.2) is 12.8 Å². The van der Waals surface area contributed by atoms with Crippen LogP contribution >= 0.6 is 11.3 Å². The zero-order valence-corrected chi connectivity index (χ0v) is 21.1. The number of hydrogen-bond acceptors (Lipinski definition) is 6. The lowest BCUT2D eigenvalue weighted by Crippen LogP contribution is -2.37. The molecule has 35 heavy (non-hydrogen) atoms. The first kappa shape index (κ1) is 25.2. The average molecular weight is 520 g/mol. The molecule has 11 heteroatoms. The molecule has 0 atom stereocenters. The third kappa shape index (κ3) is 5.36. The summed E-state index contributed by atoms with van der Waals surface area (Å²) in [4.78, 5) is 29.4. The maximum atomic E-state index is 14.5. The number of ether oxygens (including phenoxy) is 1. The minimum absolute atomic E-state index is 0.116. The van der Waals surface area contributed by atoms with Crippen LogP contribution in [0.15, 0.2) is 52.4 Å². The molecule has 1 fully saturated rings. The number of thiazole rings is 1. The molecule has 0 radical (unpaired) electrons. The number of fused-ring (bicyclic) bond motifs is 1. The van der Waals surface area contributed by atoms with Crippen molar-refractivity contribution in [2.45, 2.75) is 38.1 Å². The van der Waals surface area contributed by atoms with Crippen molar-refractivity contribution in [3.05, 3.63) is 58.6 Å². The molecule has 0 saturated carbocycles. The lowest BCUT2D eigenvalue weighted by Gasteiger charge is -2.29. The first-order chi connectivity index (χ1) is 16.7. The van der Waals surface area contributed by atoms with Gasteiger partial charge >= 0.3 is 5.97 Å². The minimum atomic E-state index is -3.64. The van der Waals surface area contributed by atoms with Crippen molar-refractivity contribution in [2.75, 3.05) is 19.7 Å². The number of amides is 1. The fourth-order valence-electron chi connectivity index (χ4n) is 3.95. The van der Waals surface area contributed by atoms with E-state index in [2.05, 4.69) is 11.9 Å². The Kier molecular flexibility index (Phi) is 7.48. The van der Waals surface area contributed by atoms with E-state index in [1.54, 1.807) is 13.0 Å². The van der Waals surface area contributed by atoms with Gasteiger partial charge in [-0.2, -0.15) is 9.30 Å². The molecule has 2 heterocycles. The van der Waals surface area contributed by atoms with Gasteiger partial charge in [0.1, 0.15) is 12.4 Å². The highest BCUT2D eigenvalue weighted by molar-refractivity contribution is 7.89. The van der Waals surface area contributed by atoms with Crippen molar-refractivity contribution in [1.82, 2.24) is 8.87 Å². The maximum Gasteiger partial charge on any atom is 0.326 e. The predicted molar refractivity (Wildman–Crippen MR) is 130 cm³/mol. The number of aromatic nitrogens is 1. The van der Waals surface area contributed by atoms with Crippen LogP contribution in [-0.4, -0.2) is 48.9 Å². The molecule has 1 saturated heterocycles. The zero-order valence-electron chi connectivity index (χ0n) is 19.4. The van der Waals surface area contributed by atoms with E-state index < -0.39 is 27.7 Å². The molecule has 1 aliphatic rings. The van der Waals surface area contributed by atoms with Crippen molar-refractivity contribution < 1.29 is 27.1 Å². The van der Waals surface area contributed by atoms with Gasteiger partial charge in [-0.1, -0.05) is 24.3 Å². The van der Waals surface area contributed by atoms with Gasteiger partial charge in [0.2, 0.25) is 10.0 Å². The van der Waals surface area contributed by atoms with Crippen LogP contribution in [0, 0.1) is 11.7 Å². The fraction of sp³-hybridized carbons (Fsp3) is 0.375. The van der Waals surface area contributed by atoms with E-state index in [1.165, 1.54) is 45.3 Å². The third-order valence-electron chi connectivity index (χ3n) is 5.92. The van der Waals surface area contributed by atoms with Crippen LogP contribution in [0.5, 0.6) is 0 Å². The van der Waals surface area contributed by atoms with Gasteiger partial charge in [0, 0.05) is 18.7 Å². The number of piperidine rings is 1. The summed E-state index contributed by atoms with van der Waals surface area (Å²) < 4.78 is 48.7. The van der Waals surface area contributed by atoms with Crippen molar-refractivity contribution >= 4 is 43.5 Å². The van der Waals surface area contributed by atoms with E-state index >= 15 is 0 Å². The second-order valence-electron chi connectivity index (χ2n) is 8.39. The summed E-state index contributed by atoms with van der Waals surface area (Å²) >= 11 is 1.07. The van der Waals surface area contributed by atoms with Crippen LogP contribution in [0.2, 0.25) is 0 Å². The number of nitrogens with zero attached hydrogens (tertiary/aromatic N) is 3. The SMILES string of the molecule is CCOC(=O)Cn1c(=NC(=O)c2ccc(S(=O)(=O)N3CCC(C)CC3)cc2)sc2cccc(F)c21. The molecule has 0 aliphatic carbocycles. The second kappa shape index (κ2) is 10.4. The Morgan fingerprint density at radius 2 is 1.83 bits per heavy atom. The quantitative estimate of drug-likeness (QED) is 0.464. The molecule has 2 aromatic carbocycles.